The molecule has 5 nitrogen and oxygen atoms in total. The van der Waals surface area contributed by atoms with Gasteiger partial charge in [-0.05, 0) is 45.4 Å². The van der Waals surface area contributed by atoms with Crippen LogP contribution in [0.1, 0.15) is 36.4 Å². The van der Waals surface area contributed by atoms with E-state index in [2.05, 4.69) is 10.1 Å². The number of hydrogen-bond donors (Lipinski definition) is 0. The second-order valence-electron chi connectivity index (χ2n) is 7.50. The van der Waals surface area contributed by atoms with E-state index in [-0.39, 0.29) is 5.91 Å². The number of carbonyl (C=O) groups excluding carboxylic acids is 1. The van der Waals surface area contributed by atoms with Gasteiger partial charge in [0.2, 0.25) is 5.91 Å². The van der Waals surface area contributed by atoms with Gasteiger partial charge in [0.15, 0.2) is 0 Å². The normalized spacial score (nSPS) is 16.1. The van der Waals surface area contributed by atoms with Crippen molar-refractivity contribution in [3.63, 3.8) is 0 Å². The van der Waals surface area contributed by atoms with Gasteiger partial charge in [-0.25, -0.2) is 0 Å². The van der Waals surface area contributed by atoms with Gasteiger partial charge in [0, 0.05) is 43.3 Å². The van der Waals surface area contributed by atoms with Crippen LogP contribution in [0, 0.1) is 13.8 Å². The summed E-state index contributed by atoms with van der Waals surface area (Å²) in [6.07, 6.45) is 0. The molecule has 2 aromatic rings. The van der Waals surface area contributed by atoms with Gasteiger partial charge in [0.25, 0.3) is 0 Å². The minimum atomic E-state index is -0.561. The highest BCUT2D eigenvalue weighted by molar-refractivity contribution is 6.30. The van der Waals surface area contributed by atoms with Crippen LogP contribution in [-0.4, -0.2) is 47.0 Å². The monoisotopic (exact) mass is 375 g/mol. The van der Waals surface area contributed by atoms with Crippen LogP contribution in [0.4, 0.5) is 0 Å². The molecule has 1 aliphatic heterocycles. The van der Waals surface area contributed by atoms with E-state index in [1.807, 2.05) is 56.9 Å². The molecule has 1 amide bonds. The number of nitrogens with zero attached hydrogens (tertiary/aromatic N) is 3. The lowest BCUT2D eigenvalue weighted by atomic mass is 9.83. The van der Waals surface area contributed by atoms with Crippen molar-refractivity contribution in [1.82, 2.24) is 15.0 Å². The van der Waals surface area contributed by atoms with Crippen molar-refractivity contribution in [3.05, 3.63) is 51.9 Å². The first-order valence-electron chi connectivity index (χ1n) is 8.98. The van der Waals surface area contributed by atoms with Crippen molar-refractivity contribution < 1.29 is 9.32 Å². The van der Waals surface area contributed by atoms with Gasteiger partial charge in [-0.15, -0.1) is 0 Å². The van der Waals surface area contributed by atoms with Gasteiger partial charge >= 0.3 is 0 Å². The molecule has 0 bridgehead atoms. The fourth-order valence-electron chi connectivity index (χ4n) is 3.45. The van der Waals surface area contributed by atoms with Crippen LogP contribution in [-0.2, 0) is 16.8 Å². The Bertz CT molecular complexity index is 755. The van der Waals surface area contributed by atoms with Crippen LogP contribution in [0.25, 0.3) is 0 Å². The smallest absolute Gasteiger partial charge is 0.232 e. The number of piperazine rings is 1. The third kappa shape index (κ3) is 3.79. The van der Waals surface area contributed by atoms with Gasteiger partial charge in [0.1, 0.15) is 5.76 Å². The predicted octanol–water partition coefficient (Wildman–Crippen LogP) is 3.57. The first kappa shape index (κ1) is 18.9. The standard InChI is InChI=1S/C20H26ClN3O2/c1-14-18(15(2)26-22-14)13-23-9-11-24(12-10-23)19(25)20(3,4)16-5-7-17(21)8-6-16/h5-8H,9-13H2,1-4H3. The van der Waals surface area contributed by atoms with Crippen molar-refractivity contribution in [1.29, 1.82) is 0 Å². The molecule has 140 valence electrons. The van der Waals surface area contributed by atoms with Crippen LogP contribution in [0.15, 0.2) is 28.8 Å². The Balaban J connectivity index is 1.62. The Hall–Kier alpha value is -1.85. The number of aromatic nitrogens is 1. The topological polar surface area (TPSA) is 49.6 Å². The largest absolute Gasteiger partial charge is 0.361 e. The van der Waals surface area contributed by atoms with E-state index in [1.165, 1.54) is 0 Å². The molecule has 1 aromatic carbocycles. The number of halogens is 1. The van der Waals surface area contributed by atoms with Crippen LogP contribution in [0.2, 0.25) is 5.02 Å². The molecule has 1 aromatic heterocycles. The fourth-order valence-corrected chi connectivity index (χ4v) is 3.57. The number of carbonyl (C=O) groups is 1. The molecule has 1 fully saturated rings. The highest BCUT2D eigenvalue weighted by Crippen LogP contribution is 2.28. The summed E-state index contributed by atoms with van der Waals surface area (Å²) in [7, 11) is 0. The van der Waals surface area contributed by atoms with Gasteiger partial charge in [-0.1, -0.05) is 28.9 Å². The third-order valence-electron chi connectivity index (χ3n) is 5.32. The molecule has 0 N–H and O–H groups in total. The number of benzene rings is 1. The summed E-state index contributed by atoms with van der Waals surface area (Å²) in [5.74, 6) is 1.04. The molecule has 0 saturated carbocycles. The van der Waals surface area contributed by atoms with E-state index in [1.54, 1.807) is 0 Å². The number of aryl methyl sites for hydroxylation is 2. The molecule has 6 heteroatoms. The number of amides is 1. The second-order valence-corrected chi connectivity index (χ2v) is 7.94. The quantitative estimate of drug-likeness (QED) is 0.819. The maximum absolute atomic E-state index is 13.1. The van der Waals surface area contributed by atoms with E-state index >= 15 is 0 Å². The Morgan fingerprint density at radius 1 is 1.15 bits per heavy atom. The van der Waals surface area contributed by atoms with Crippen LogP contribution in [0.3, 0.4) is 0 Å². The minimum absolute atomic E-state index is 0.164. The summed E-state index contributed by atoms with van der Waals surface area (Å²) in [5, 5.41) is 4.71. The summed E-state index contributed by atoms with van der Waals surface area (Å²) in [4.78, 5) is 17.4. The molecular weight excluding hydrogens is 350 g/mol. The first-order chi connectivity index (χ1) is 12.3. The zero-order valence-corrected chi connectivity index (χ0v) is 16.6. The van der Waals surface area contributed by atoms with Gasteiger partial charge in [-0.2, -0.15) is 0 Å². The zero-order chi connectivity index (χ0) is 18.9. The molecule has 0 radical (unpaired) electrons. The van der Waals surface area contributed by atoms with E-state index < -0.39 is 5.41 Å². The summed E-state index contributed by atoms with van der Waals surface area (Å²) in [6, 6.07) is 7.56. The Kier molecular flexibility index (Phi) is 5.39. The maximum atomic E-state index is 13.1. The fraction of sp³-hybridized carbons (Fsp3) is 0.500. The number of rotatable bonds is 4. The average molecular weight is 376 g/mol. The van der Waals surface area contributed by atoms with E-state index in [9.17, 15) is 4.79 Å². The number of hydrogen-bond acceptors (Lipinski definition) is 4. The van der Waals surface area contributed by atoms with E-state index in [4.69, 9.17) is 16.1 Å². The minimum Gasteiger partial charge on any atom is -0.361 e. The highest BCUT2D eigenvalue weighted by Gasteiger charge is 2.35. The molecule has 3 rings (SSSR count). The van der Waals surface area contributed by atoms with Crippen molar-refractivity contribution in [2.24, 2.45) is 0 Å². The molecule has 0 atom stereocenters. The average Bonchev–Trinajstić information content (AvgIpc) is 2.94. The van der Waals surface area contributed by atoms with Crippen LogP contribution >= 0.6 is 11.6 Å². The lowest BCUT2D eigenvalue weighted by Crippen LogP contribution is -2.52. The van der Waals surface area contributed by atoms with Crippen molar-refractivity contribution in [2.75, 3.05) is 26.2 Å². The van der Waals surface area contributed by atoms with Crippen molar-refractivity contribution >= 4 is 17.5 Å². The van der Waals surface area contributed by atoms with Crippen LogP contribution in [0.5, 0.6) is 0 Å². The maximum Gasteiger partial charge on any atom is 0.232 e. The lowest BCUT2D eigenvalue weighted by molar-refractivity contribution is -0.138. The molecular formula is C20H26ClN3O2. The van der Waals surface area contributed by atoms with Crippen LogP contribution < -0.4 is 0 Å². The summed E-state index contributed by atoms with van der Waals surface area (Å²) >= 11 is 5.97. The molecule has 0 aliphatic carbocycles. The van der Waals surface area contributed by atoms with Gasteiger partial charge in [0.05, 0.1) is 11.1 Å². The second kappa shape index (κ2) is 7.41. The first-order valence-corrected chi connectivity index (χ1v) is 9.36. The SMILES string of the molecule is Cc1noc(C)c1CN1CCN(C(=O)C(C)(C)c2ccc(Cl)cc2)CC1. The Morgan fingerprint density at radius 2 is 1.77 bits per heavy atom. The molecule has 26 heavy (non-hydrogen) atoms. The zero-order valence-electron chi connectivity index (χ0n) is 15.9. The summed E-state index contributed by atoms with van der Waals surface area (Å²) < 4.78 is 5.25. The summed E-state index contributed by atoms with van der Waals surface area (Å²) in [5.41, 5.74) is 2.54. The van der Waals surface area contributed by atoms with Gasteiger partial charge in [-0.3, -0.25) is 9.69 Å². The van der Waals surface area contributed by atoms with E-state index in [0.29, 0.717) is 5.02 Å². The van der Waals surface area contributed by atoms with Crippen molar-refractivity contribution in [3.8, 4) is 0 Å². The Morgan fingerprint density at radius 3 is 2.31 bits per heavy atom. The van der Waals surface area contributed by atoms with Gasteiger partial charge < -0.3 is 9.42 Å². The lowest BCUT2D eigenvalue weighted by Gasteiger charge is -2.38. The molecule has 1 aliphatic rings. The predicted molar refractivity (Wildman–Crippen MR) is 102 cm³/mol. The third-order valence-corrected chi connectivity index (χ3v) is 5.57. The van der Waals surface area contributed by atoms with E-state index in [0.717, 1.165) is 55.3 Å². The van der Waals surface area contributed by atoms with Crippen molar-refractivity contribution in [2.45, 2.75) is 39.7 Å². The molecule has 1 saturated heterocycles. The summed E-state index contributed by atoms with van der Waals surface area (Å²) in [6.45, 7) is 11.9. The molecule has 0 unspecified atom stereocenters. The Labute approximate surface area is 159 Å². The molecule has 2 heterocycles. The molecule has 0 spiro atoms. The highest BCUT2D eigenvalue weighted by atomic mass is 35.5.